The lowest BCUT2D eigenvalue weighted by Gasteiger charge is -2.32. The normalized spacial score (nSPS) is 22.5. The van der Waals surface area contributed by atoms with Gasteiger partial charge in [0.2, 0.25) is 0 Å². The lowest BCUT2D eigenvalue weighted by Crippen LogP contribution is -2.37. The summed E-state index contributed by atoms with van der Waals surface area (Å²) >= 11 is 3.60. The molecule has 0 saturated carbocycles. The molecule has 4 heteroatoms. The third kappa shape index (κ3) is 2.61. The van der Waals surface area contributed by atoms with Gasteiger partial charge in [-0.05, 0) is 53.9 Å². The van der Waals surface area contributed by atoms with Crippen LogP contribution in [0, 0.1) is 0 Å². The summed E-state index contributed by atoms with van der Waals surface area (Å²) in [7, 11) is 3.40. The Morgan fingerprint density at radius 3 is 2.63 bits per heavy atom. The van der Waals surface area contributed by atoms with Crippen molar-refractivity contribution in [2.45, 2.75) is 38.1 Å². The van der Waals surface area contributed by atoms with Gasteiger partial charge in [0.1, 0.15) is 16.0 Å². The lowest BCUT2D eigenvalue weighted by molar-refractivity contribution is 0.324. The first-order valence-electron chi connectivity index (χ1n) is 6.84. The predicted molar refractivity (Wildman–Crippen MR) is 81.1 cm³/mol. The molecule has 106 valence electrons. The fourth-order valence-electron chi connectivity index (χ4n) is 3.08. The van der Waals surface area contributed by atoms with Crippen molar-refractivity contribution in [3.05, 3.63) is 22.2 Å². The van der Waals surface area contributed by atoms with Gasteiger partial charge in [-0.3, -0.25) is 0 Å². The highest BCUT2D eigenvalue weighted by atomic mass is 79.9. The zero-order valence-electron chi connectivity index (χ0n) is 11.9. The fraction of sp³-hybridized carbons (Fsp3) is 0.600. The molecule has 19 heavy (non-hydrogen) atoms. The highest BCUT2D eigenvalue weighted by Gasteiger charge is 2.37. The highest BCUT2D eigenvalue weighted by Crippen LogP contribution is 2.46. The van der Waals surface area contributed by atoms with E-state index in [-0.39, 0.29) is 5.54 Å². The molecular weight excluding hydrogens is 306 g/mol. The zero-order valence-corrected chi connectivity index (χ0v) is 13.5. The van der Waals surface area contributed by atoms with Crippen LogP contribution in [0.3, 0.4) is 0 Å². The predicted octanol–water partition coefficient (Wildman–Crippen LogP) is 3.85. The first-order chi connectivity index (χ1) is 9.18. The fourth-order valence-corrected chi connectivity index (χ4v) is 3.75. The molecule has 0 radical (unpaired) electrons. The van der Waals surface area contributed by atoms with Gasteiger partial charge in [0.05, 0.1) is 14.2 Å². The molecule has 1 N–H and O–H groups in total. The molecule has 1 aliphatic rings. The summed E-state index contributed by atoms with van der Waals surface area (Å²) in [6.45, 7) is 3.31. The second-order valence-corrected chi connectivity index (χ2v) is 5.82. The first kappa shape index (κ1) is 14.7. The van der Waals surface area contributed by atoms with Gasteiger partial charge >= 0.3 is 0 Å². The Balaban J connectivity index is 2.51. The molecule has 1 atom stereocenters. The van der Waals surface area contributed by atoms with E-state index in [4.69, 9.17) is 9.47 Å². The Morgan fingerprint density at radius 2 is 2.11 bits per heavy atom. The topological polar surface area (TPSA) is 30.5 Å². The van der Waals surface area contributed by atoms with E-state index < -0.39 is 0 Å². The number of halogens is 1. The van der Waals surface area contributed by atoms with Gasteiger partial charge in [-0.15, -0.1) is 0 Å². The second-order valence-electron chi connectivity index (χ2n) is 5.03. The molecule has 2 rings (SSSR count). The van der Waals surface area contributed by atoms with Crippen LogP contribution >= 0.6 is 15.9 Å². The number of hydrogen-bond acceptors (Lipinski definition) is 3. The molecule has 1 aromatic rings. The van der Waals surface area contributed by atoms with E-state index in [2.05, 4.69) is 34.2 Å². The third-order valence-electron chi connectivity index (χ3n) is 3.92. The molecule has 1 aromatic carbocycles. The Hall–Kier alpha value is -0.740. The van der Waals surface area contributed by atoms with Crippen LogP contribution < -0.4 is 14.8 Å². The van der Waals surface area contributed by atoms with Crippen molar-refractivity contribution in [3.8, 4) is 11.5 Å². The Bertz CT molecular complexity index is 442. The van der Waals surface area contributed by atoms with Crippen LogP contribution in [0.5, 0.6) is 11.5 Å². The minimum absolute atomic E-state index is 0.0505. The van der Waals surface area contributed by atoms with Gasteiger partial charge in [0.25, 0.3) is 0 Å². The van der Waals surface area contributed by atoms with E-state index in [0.29, 0.717) is 0 Å². The quantitative estimate of drug-likeness (QED) is 0.891. The van der Waals surface area contributed by atoms with E-state index in [0.717, 1.165) is 41.8 Å². The Morgan fingerprint density at radius 1 is 1.32 bits per heavy atom. The molecule has 1 saturated heterocycles. The molecule has 0 spiro atoms. The van der Waals surface area contributed by atoms with Crippen molar-refractivity contribution in [3.63, 3.8) is 0 Å². The van der Waals surface area contributed by atoms with Crippen LogP contribution in [0.4, 0.5) is 0 Å². The molecule has 1 aliphatic heterocycles. The largest absolute Gasteiger partial charge is 0.495 e. The third-order valence-corrected chi connectivity index (χ3v) is 4.67. The number of ether oxygens (including phenoxy) is 2. The molecule has 1 fully saturated rings. The van der Waals surface area contributed by atoms with Crippen molar-refractivity contribution in [1.82, 2.24) is 5.32 Å². The standard InChI is InChI=1S/C15H22BrNO2/c1-4-8-15(9-5-10-17-15)11-6-7-12(18-2)13(16)14(11)19-3/h6-7,17H,4-5,8-10H2,1-3H3. The molecule has 0 bridgehead atoms. The van der Waals surface area contributed by atoms with Gasteiger partial charge < -0.3 is 14.8 Å². The summed E-state index contributed by atoms with van der Waals surface area (Å²) in [5.41, 5.74) is 1.29. The number of rotatable bonds is 5. The van der Waals surface area contributed by atoms with Gasteiger partial charge in [-0.2, -0.15) is 0 Å². The number of benzene rings is 1. The summed E-state index contributed by atoms with van der Waals surface area (Å²) in [4.78, 5) is 0. The van der Waals surface area contributed by atoms with Gasteiger partial charge in [-0.1, -0.05) is 13.3 Å². The van der Waals surface area contributed by atoms with E-state index in [1.807, 2.05) is 6.07 Å². The van der Waals surface area contributed by atoms with Crippen LogP contribution in [0.25, 0.3) is 0 Å². The molecule has 1 heterocycles. The minimum atomic E-state index is 0.0505. The average molecular weight is 328 g/mol. The van der Waals surface area contributed by atoms with Gasteiger partial charge in [-0.25, -0.2) is 0 Å². The molecule has 3 nitrogen and oxygen atoms in total. The molecule has 0 aliphatic carbocycles. The van der Waals surface area contributed by atoms with Crippen molar-refractivity contribution in [1.29, 1.82) is 0 Å². The first-order valence-corrected chi connectivity index (χ1v) is 7.64. The zero-order chi connectivity index (χ0) is 13.9. The van der Waals surface area contributed by atoms with Gasteiger partial charge in [0.15, 0.2) is 0 Å². The van der Waals surface area contributed by atoms with Crippen LogP contribution in [-0.2, 0) is 5.54 Å². The summed E-state index contributed by atoms with van der Waals surface area (Å²) < 4.78 is 11.9. The van der Waals surface area contributed by atoms with E-state index >= 15 is 0 Å². The van der Waals surface area contributed by atoms with Crippen LogP contribution in [0.2, 0.25) is 0 Å². The SMILES string of the molecule is CCCC1(c2ccc(OC)c(Br)c2OC)CCCN1. The molecular formula is C15H22BrNO2. The summed E-state index contributed by atoms with van der Waals surface area (Å²) in [6, 6.07) is 4.15. The number of methoxy groups -OCH3 is 2. The van der Waals surface area contributed by atoms with Gasteiger partial charge in [0, 0.05) is 11.1 Å². The maximum Gasteiger partial charge on any atom is 0.141 e. The van der Waals surface area contributed by atoms with Crippen LogP contribution in [0.1, 0.15) is 38.2 Å². The van der Waals surface area contributed by atoms with Crippen molar-refractivity contribution in [2.24, 2.45) is 0 Å². The maximum atomic E-state index is 5.64. The van der Waals surface area contributed by atoms with Crippen molar-refractivity contribution >= 4 is 15.9 Å². The Kier molecular flexibility index (Phi) is 4.74. The molecule has 0 aromatic heterocycles. The molecule has 0 amide bonds. The summed E-state index contributed by atoms with van der Waals surface area (Å²) in [5, 5.41) is 3.69. The van der Waals surface area contributed by atoms with E-state index in [1.165, 1.54) is 12.0 Å². The van der Waals surface area contributed by atoms with Crippen molar-refractivity contribution < 1.29 is 9.47 Å². The molecule has 1 unspecified atom stereocenters. The monoisotopic (exact) mass is 327 g/mol. The van der Waals surface area contributed by atoms with Crippen LogP contribution in [0.15, 0.2) is 16.6 Å². The van der Waals surface area contributed by atoms with E-state index in [9.17, 15) is 0 Å². The lowest BCUT2D eigenvalue weighted by atomic mass is 9.83. The van der Waals surface area contributed by atoms with E-state index in [1.54, 1.807) is 14.2 Å². The summed E-state index contributed by atoms with van der Waals surface area (Å²) in [6.07, 6.45) is 4.66. The highest BCUT2D eigenvalue weighted by molar-refractivity contribution is 9.10. The second kappa shape index (κ2) is 6.14. The Labute approximate surface area is 123 Å². The smallest absolute Gasteiger partial charge is 0.141 e. The average Bonchev–Trinajstić information content (AvgIpc) is 2.88. The number of nitrogens with one attached hydrogen (secondary N) is 1. The maximum absolute atomic E-state index is 5.64. The minimum Gasteiger partial charge on any atom is -0.495 e. The van der Waals surface area contributed by atoms with Crippen molar-refractivity contribution in [2.75, 3.05) is 20.8 Å². The number of hydrogen-bond donors (Lipinski definition) is 1. The van der Waals surface area contributed by atoms with Crippen LogP contribution in [-0.4, -0.2) is 20.8 Å². The summed E-state index contributed by atoms with van der Waals surface area (Å²) in [5.74, 6) is 1.70.